The van der Waals surface area contributed by atoms with E-state index in [2.05, 4.69) is 10.6 Å². The normalized spacial score (nSPS) is 10.2. The number of anilines is 2. The third-order valence-electron chi connectivity index (χ3n) is 2.56. The molecule has 0 aliphatic rings. The Balaban J connectivity index is 2.04. The van der Waals surface area contributed by atoms with Crippen LogP contribution >= 0.6 is 34.8 Å². The van der Waals surface area contributed by atoms with Gasteiger partial charge in [-0.3, -0.25) is 9.59 Å². The maximum Gasteiger partial charge on any atom is 0.314 e. The van der Waals surface area contributed by atoms with Crippen molar-refractivity contribution < 1.29 is 14.0 Å². The van der Waals surface area contributed by atoms with Gasteiger partial charge in [0.15, 0.2) is 0 Å². The standard InChI is InChI=1S/C14H8Cl3FN2O2/c15-9-3-1-7(5-10(9)16)19-13(21)14(22)20-8-2-4-12(18)11(17)6-8/h1-6H,(H,19,21)(H,20,22). The highest BCUT2D eigenvalue weighted by atomic mass is 35.5. The molecular weight excluding hydrogens is 354 g/mol. The van der Waals surface area contributed by atoms with Crippen molar-refractivity contribution in [2.75, 3.05) is 10.6 Å². The Morgan fingerprint density at radius 1 is 0.773 bits per heavy atom. The van der Waals surface area contributed by atoms with Crippen molar-refractivity contribution in [2.45, 2.75) is 0 Å². The molecule has 2 N–H and O–H groups in total. The molecule has 0 atom stereocenters. The van der Waals surface area contributed by atoms with Crippen LogP contribution in [0.2, 0.25) is 15.1 Å². The minimum Gasteiger partial charge on any atom is -0.318 e. The summed E-state index contributed by atoms with van der Waals surface area (Å²) < 4.78 is 13.0. The quantitative estimate of drug-likeness (QED) is 0.781. The molecule has 0 aliphatic heterocycles. The van der Waals surface area contributed by atoms with Gasteiger partial charge in [-0.1, -0.05) is 34.8 Å². The summed E-state index contributed by atoms with van der Waals surface area (Å²) in [4.78, 5) is 23.5. The average molecular weight is 362 g/mol. The van der Waals surface area contributed by atoms with Gasteiger partial charge < -0.3 is 10.6 Å². The molecule has 2 aromatic rings. The molecule has 0 aliphatic carbocycles. The van der Waals surface area contributed by atoms with Gasteiger partial charge in [0.2, 0.25) is 0 Å². The first kappa shape index (κ1) is 16.5. The van der Waals surface area contributed by atoms with Gasteiger partial charge in [-0.15, -0.1) is 0 Å². The van der Waals surface area contributed by atoms with Crippen LogP contribution in [0.25, 0.3) is 0 Å². The predicted octanol–water partition coefficient (Wildman–Crippen LogP) is 4.36. The van der Waals surface area contributed by atoms with E-state index in [9.17, 15) is 14.0 Å². The lowest BCUT2D eigenvalue weighted by molar-refractivity contribution is -0.132. The van der Waals surface area contributed by atoms with Crippen molar-refractivity contribution in [1.82, 2.24) is 0 Å². The van der Waals surface area contributed by atoms with Gasteiger partial charge in [0.25, 0.3) is 0 Å². The summed E-state index contributed by atoms with van der Waals surface area (Å²) in [5.41, 5.74) is 0.507. The second-order valence-electron chi connectivity index (χ2n) is 4.17. The first-order chi connectivity index (χ1) is 10.4. The molecule has 0 heterocycles. The van der Waals surface area contributed by atoms with E-state index in [4.69, 9.17) is 34.8 Å². The number of hydrogen-bond donors (Lipinski definition) is 2. The fourth-order valence-corrected chi connectivity index (χ4v) is 2.00. The number of amides is 2. The number of benzene rings is 2. The first-order valence-electron chi connectivity index (χ1n) is 5.89. The minimum atomic E-state index is -0.936. The van der Waals surface area contributed by atoms with Crippen molar-refractivity contribution in [3.05, 3.63) is 57.3 Å². The number of nitrogens with one attached hydrogen (secondary N) is 2. The summed E-state index contributed by atoms with van der Waals surface area (Å²) in [6.45, 7) is 0. The Labute approximate surface area is 140 Å². The third-order valence-corrected chi connectivity index (χ3v) is 3.59. The molecular formula is C14H8Cl3FN2O2. The van der Waals surface area contributed by atoms with Crippen LogP contribution in [0.1, 0.15) is 0 Å². The number of halogens is 4. The molecule has 2 amide bonds. The number of carbonyl (C=O) groups excluding carboxylic acids is 2. The minimum absolute atomic E-state index is 0.164. The van der Waals surface area contributed by atoms with Crippen LogP contribution < -0.4 is 10.6 Å². The summed E-state index contributed by atoms with van der Waals surface area (Å²) in [6.07, 6.45) is 0. The van der Waals surface area contributed by atoms with E-state index < -0.39 is 17.6 Å². The number of carbonyl (C=O) groups is 2. The van der Waals surface area contributed by atoms with E-state index in [1.54, 1.807) is 0 Å². The molecule has 114 valence electrons. The zero-order valence-corrected chi connectivity index (χ0v) is 13.1. The van der Waals surface area contributed by atoms with Gasteiger partial charge in [0, 0.05) is 11.4 Å². The largest absolute Gasteiger partial charge is 0.318 e. The Morgan fingerprint density at radius 2 is 1.27 bits per heavy atom. The molecule has 2 aromatic carbocycles. The van der Waals surface area contributed by atoms with Crippen molar-refractivity contribution in [2.24, 2.45) is 0 Å². The average Bonchev–Trinajstić information content (AvgIpc) is 2.46. The monoisotopic (exact) mass is 360 g/mol. The smallest absolute Gasteiger partial charge is 0.314 e. The van der Waals surface area contributed by atoms with Crippen LogP contribution in [-0.2, 0) is 9.59 Å². The zero-order valence-electron chi connectivity index (χ0n) is 10.8. The molecule has 0 saturated carbocycles. The SMILES string of the molecule is O=C(Nc1ccc(F)c(Cl)c1)C(=O)Nc1ccc(Cl)c(Cl)c1. The summed E-state index contributed by atoms with van der Waals surface area (Å²) >= 11 is 17.1. The van der Waals surface area contributed by atoms with Crippen molar-refractivity contribution in [1.29, 1.82) is 0 Å². The first-order valence-corrected chi connectivity index (χ1v) is 7.02. The Morgan fingerprint density at radius 3 is 1.77 bits per heavy atom. The Hall–Kier alpha value is -1.82. The maximum absolute atomic E-state index is 13.0. The van der Waals surface area contributed by atoms with Gasteiger partial charge in [-0.25, -0.2) is 4.39 Å². The van der Waals surface area contributed by atoms with E-state index in [0.717, 1.165) is 6.07 Å². The van der Waals surface area contributed by atoms with Crippen LogP contribution in [0.3, 0.4) is 0 Å². The highest BCUT2D eigenvalue weighted by molar-refractivity contribution is 6.44. The molecule has 0 radical (unpaired) electrons. The second-order valence-corrected chi connectivity index (χ2v) is 5.39. The Bertz CT molecular complexity index is 689. The molecule has 0 unspecified atom stereocenters. The van der Waals surface area contributed by atoms with Crippen LogP contribution in [0.4, 0.5) is 15.8 Å². The number of hydrogen-bond acceptors (Lipinski definition) is 2. The second kappa shape index (κ2) is 6.96. The van der Waals surface area contributed by atoms with E-state index >= 15 is 0 Å². The lowest BCUT2D eigenvalue weighted by atomic mass is 10.3. The summed E-state index contributed by atoms with van der Waals surface area (Å²) in [5.74, 6) is -2.48. The molecule has 2 rings (SSSR count). The molecule has 4 nitrogen and oxygen atoms in total. The van der Waals surface area contributed by atoms with Crippen molar-refractivity contribution >= 4 is 58.0 Å². The number of rotatable bonds is 2. The molecule has 0 fully saturated rings. The summed E-state index contributed by atoms with van der Waals surface area (Å²) in [6, 6.07) is 7.94. The highest BCUT2D eigenvalue weighted by Crippen LogP contribution is 2.25. The maximum atomic E-state index is 13.0. The van der Waals surface area contributed by atoms with E-state index in [1.807, 2.05) is 0 Å². The lowest BCUT2D eigenvalue weighted by Gasteiger charge is -2.08. The van der Waals surface area contributed by atoms with Gasteiger partial charge in [0.1, 0.15) is 5.82 Å². The fraction of sp³-hybridized carbons (Fsp3) is 0. The lowest BCUT2D eigenvalue weighted by Crippen LogP contribution is -2.29. The Kier molecular flexibility index (Phi) is 5.24. The van der Waals surface area contributed by atoms with Crippen molar-refractivity contribution in [3.63, 3.8) is 0 Å². The van der Waals surface area contributed by atoms with Crippen LogP contribution in [0, 0.1) is 5.82 Å². The fourth-order valence-electron chi connectivity index (χ4n) is 1.52. The molecule has 8 heteroatoms. The molecule has 0 saturated heterocycles. The molecule has 0 bridgehead atoms. The van der Waals surface area contributed by atoms with Crippen LogP contribution in [-0.4, -0.2) is 11.8 Å². The zero-order chi connectivity index (χ0) is 16.3. The topological polar surface area (TPSA) is 58.2 Å². The van der Waals surface area contributed by atoms with E-state index in [0.29, 0.717) is 10.7 Å². The van der Waals surface area contributed by atoms with Gasteiger partial charge in [0.05, 0.1) is 15.1 Å². The van der Waals surface area contributed by atoms with E-state index in [1.165, 1.54) is 30.3 Å². The van der Waals surface area contributed by atoms with Crippen LogP contribution in [0.5, 0.6) is 0 Å². The summed E-state index contributed by atoms with van der Waals surface area (Å²) in [5, 5.41) is 5.05. The van der Waals surface area contributed by atoms with Gasteiger partial charge in [-0.2, -0.15) is 0 Å². The highest BCUT2D eigenvalue weighted by Gasteiger charge is 2.15. The van der Waals surface area contributed by atoms with Crippen LogP contribution in [0.15, 0.2) is 36.4 Å². The molecule has 22 heavy (non-hydrogen) atoms. The van der Waals surface area contributed by atoms with Gasteiger partial charge in [-0.05, 0) is 36.4 Å². The van der Waals surface area contributed by atoms with E-state index in [-0.39, 0.29) is 15.7 Å². The van der Waals surface area contributed by atoms with Gasteiger partial charge >= 0.3 is 11.8 Å². The van der Waals surface area contributed by atoms with Crippen molar-refractivity contribution in [3.8, 4) is 0 Å². The molecule has 0 spiro atoms. The third kappa shape index (κ3) is 4.10. The predicted molar refractivity (Wildman–Crippen MR) is 85.1 cm³/mol. The molecule has 0 aromatic heterocycles. The summed E-state index contributed by atoms with van der Waals surface area (Å²) in [7, 11) is 0.